The fourth-order valence-corrected chi connectivity index (χ4v) is 1.76. The second kappa shape index (κ2) is 6.89. The molecular formula is C14H19N3O2. The van der Waals surface area contributed by atoms with Gasteiger partial charge in [0.2, 0.25) is 12.2 Å². The highest BCUT2D eigenvalue weighted by Gasteiger charge is 2.06. The first-order valence-electron chi connectivity index (χ1n) is 6.51. The Balaban J connectivity index is 1.94. The van der Waals surface area contributed by atoms with Crippen molar-refractivity contribution in [2.45, 2.75) is 32.9 Å². The third kappa shape index (κ3) is 4.06. The highest BCUT2D eigenvalue weighted by molar-refractivity contribution is 5.30. The van der Waals surface area contributed by atoms with E-state index in [-0.39, 0.29) is 0 Å². The van der Waals surface area contributed by atoms with E-state index in [0.717, 1.165) is 18.7 Å². The van der Waals surface area contributed by atoms with Crippen molar-refractivity contribution in [2.24, 2.45) is 0 Å². The van der Waals surface area contributed by atoms with Crippen LogP contribution < -0.4 is 10.1 Å². The molecule has 0 bridgehead atoms. The molecule has 0 aliphatic heterocycles. The van der Waals surface area contributed by atoms with Gasteiger partial charge in [-0.1, -0.05) is 24.2 Å². The fourth-order valence-electron chi connectivity index (χ4n) is 1.76. The van der Waals surface area contributed by atoms with Gasteiger partial charge in [0.1, 0.15) is 5.75 Å². The summed E-state index contributed by atoms with van der Waals surface area (Å²) in [4.78, 5) is 3.91. The topological polar surface area (TPSA) is 60.2 Å². The van der Waals surface area contributed by atoms with Crippen LogP contribution in [0.2, 0.25) is 0 Å². The van der Waals surface area contributed by atoms with Crippen molar-refractivity contribution in [1.29, 1.82) is 0 Å². The largest absolute Gasteiger partial charge is 0.485 e. The summed E-state index contributed by atoms with van der Waals surface area (Å²) in [6, 6.07) is 8.36. The van der Waals surface area contributed by atoms with Crippen LogP contribution in [0.4, 0.5) is 0 Å². The van der Waals surface area contributed by atoms with Gasteiger partial charge < -0.3 is 14.6 Å². The summed E-state index contributed by atoms with van der Waals surface area (Å²) in [7, 11) is 0. The zero-order valence-electron chi connectivity index (χ0n) is 11.3. The van der Waals surface area contributed by atoms with Gasteiger partial charge in [0.05, 0.1) is 0 Å². The maximum absolute atomic E-state index is 5.63. The Morgan fingerprint density at radius 3 is 3.05 bits per heavy atom. The maximum atomic E-state index is 5.63. The van der Waals surface area contributed by atoms with E-state index < -0.39 is 0 Å². The third-order valence-electron chi connectivity index (χ3n) is 2.83. The van der Waals surface area contributed by atoms with Crippen LogP contribution >= 0.6 is 0 Å². The molecule has 0 spiro atoms. The predicted octanol–water partition coefficient (Wildman–Crippen LogP) is 2.71. The number of nitrogens with one attached hydrogen (secondary N) is 1. The smallest absolute Gasteiger partial charge is 0.213 e. The summed E-state index contributed by atoms with van der Waals surface area (Å²) in [6.07, 6.45) is 2.42. The zero-order chi connectivity index (χ0) is 13.5. The quantitative estimate of drug-likeness (QED) is 0.830. The fraction of sp³-hybridized carbons (Fsp3) is 0.429. The van der Waals surface area contributed by atoms with E-state index >= 15 is 0 Å². The first-order chi connectivity index (χ1) is 9.29. The van der Waals surface area contributed by atoms with Crippen LogP contribution in [0.5, 0.6) is 5.75 Å². The Kier molecular flexibility index (Phi) is 4.92. The molecule has 1 heterocycles. The Morgan fingerprint density at radius 2 is 2.32 bits per heavy atom. The minimum Gasteiger partial charge on any atom is -0.485 e. The molecule has 0 saturated heterocycles. The Morgan fingerprint density at radius 1 is 1.42 bits per heavy atom. The number of ether oxygens (including phenoxy) is 1. The van der Waals surface area contributed by atoms with Crippen molar-refractivity contribution in [3.05, 3.63) is 42.0 Å². The number of aromatic nitrogens is 2. The van der Waals surface area contributed by atoms with Gasteiger partial charge in [0, 0.05) is 6.04 Å². The van der Waals surface area contributed by atoms with E-state index in [2.05, 4.69) is 39.9 Å². The molecule has 0 aliphatic rings. The van der Waals surface area contributed by atoms with Gasteiger partial charge in [-0.2, -0.15) is 4.98 Å². The number of hydrogen-bond donors (Lipinski definition) is 1. The lowest BCUT2D eigenvalue weighted by Crippen LogP contribution is -2.19. The van der Waals surface area contributed by atoms with Gasteiger partial charge in [-0.05, 0) is 37.6 Å². The van der Waals surface area contributed by atoms with Gasteiger partial charge in [-0.3, -0.25) is 0 Å². The second-order valence-electron chi connectivity index (χ2n) is 4.38. The van der Waals surface area contributed by atoms with Crippen LogP contribution in [0.3, 0.4) is 0 Å². The standard InChI is InChI=1S/C14H19N3O2/c1-3-7-15-11(2)12-5-4-6-13(8-12)18-9-14-16-10-19-17-14/h4-6,8,10-11,15H,3,7,9H2,1-2H3. The normalized spacial score (nSPS) is 12.3. The van der Waals surface area contributed by atoms with Crippen molar-refractivity contribution >= 4 is 0 Å². The molecule has 0 radical (unpaired) electrons. The average molecular weight is 261 g/mol. The molecule has 5 nitrogen and oxygen atoms in total. The highest BCUT2D eigenvalue weighted by Crippen LogP contribution is 2.19. The van der Waals surface area contributed by atoms with Crippen LogP contribution in [0.15, 0.2) is 35.2 Å². The van der Waals surface area contributed by atoms with Crippen LogP contribution in [-0.4, -0.2) is 16.7 Å². The summed E-state index contributed by atoms with van der Waals surface area (Å²) in [6.45, 7) is 5.63. The first kappa shape index (κ1) is 13.5. The molecule has 1 N–H and O–H groups in total. The number of hydrogen-bond acceptors (Lipinski definition) is 5. The molecule has 1 atom stereocenters. The molecule has 0 fully saturated rings. The van der Waals surface area contributed by atoms with Crippen LogP contribution in [0.25, 0.3) is 0 Å². The van der Waals surface area contributed by atoms with Gasteiger partial charge in [0.25, 0.3) is 0 Å². The van der Waals surface area contributed by atoms with E-state index in [9.17, 15) is 0 Å². The zero-order valence-corrected chi connectivity index (χ0v) is 11.3. The van der Waals surface area contributed by atoms with Crippen molar-refractivity contribution in [3.63, 3.8) is 0 Å². The Hall–Kier alpha value is -1.88. The predicted molar refractivity (Wildman–Crippen MR) is 71.8 cm³/mol. The van der Waals surface area contributed by atoms with Crippen molar-refractivity contribution < 1.29 is 9.26 Å². The molecule has 0 aliphatic carbocycles. The maximum Gasteiger partial charge on any atom is 0.213 e. The Labute approximate surface area is 113 Å². The van der Waals surface area contributed by atoms with Crippen LogP contribution in [-0.2, 0) is 6.61 Å². The highest BCUT2D eigenvalue weighted by atomic mass is 16.5. The van der Waals surface area contributed by atoms with Crippen molar-refractivity contribution in [2.75, 3.05) is 6.54 Å². The number of rotatable bonds is 7. The third-order valence-corrected chi connectivity index (χ3v) is 2.83. The monoisotopic (exact) mass is 261 g/mol. The van der Waals surface area contributed by atoms with Gasteiger partial charge in [-0.15, -0.1) is 0 Å². The molecule has 19 heavy (non-hydrogen) atoms. The molecular weight excluding hydrogens is 242 g/mol. The lowest BCUT2D eigenvalue weighted by atomic mass is 10.1. The van der Waals surface area contributed by atoms with E-state index in [0.29, 0.717) is 18.5 Å². The van der Waals surface area contributed by atoms with E-state index in [1.807, 2.05) is 18.2 Å². The summed E-state index contributed by atoms with van der Waals surface area (Å²) in [5, 5.41) is 7.16. The SMILES string of the molecule is CCCNC(C)c1cccc(OCc2ncon2)c1. The summed E-state index contributed by atoms with van der Waals surface area (Å²) >= 11 is 0. The van der Waals surface area contributed by atoms with E-state index in [4.69, 9.17) is 4.74 Å². The Bertz CT molecular complexity index is 485. The number of benzene rings is 1. The lowest BCUT2D eigenvalue weighted by Gasteiger charge is -2.14. The minimum absolute atomic E-state index is 0.314. The average Bonchev–Trinajstić information content (AvgIpc) is 2.96. The van der Waals surface area contributed by atoms with E-state index in [1.54, 1.807) is 0 Å². The van der Waals surface area contributed by atoms with Gasteiger partial charge >= 0.3 is 0 Å². The molecule has 1 unspecified atom stereocenters. The van der Waals surface area contributed by atoms with Gasteiger partial charge in [-0.25, -0.2) is 0 Å². The van der Waals surface area contributed by atoms with E-state index in [1.165, 1.54) is 12.0 Å². The summed E-state index contributed by atoms with van der Waals surface area (Å²) in [5.74, 6) is 1.36. The molecule has 2 rings (SSSR count). The van der Waals surface area contributed by atoms with Crippen molar-refractivity contribution in [3.8, 4) is 5.75 Å². The molecule has 5 heteroatoms. The molecule has 1 aromatic heterocycles. The van der Waals surface area contributed by atoms with Crippen LogP contribution in [0.1, 0.15) is 37.7 Å². The molecule has 2 aromatic rings. The lowest BCUT2D eigenvalue weighted by molar-refractivity contribution is 0.286. The summed E-state index contributed by atoms with van der Waals surface area (Å²) in [5.41, 5.74) is 1.21. The minimum atomic E-state index is 0.314. The first-order valence-corrected chi connectivity index (χ1v) is 6.51. The summed E-state index contributed by atoms with van der Waals surface area (Å²) < 4.78 is 10.3. The van der Waals surface area contributed by atoms with Crippen LogP contribution in [0, 0.1) is 0 Å². The molecule has 0 amide bonds. The van der Waals surface area contributed by atoms with Gasteiger partial charge in [0.15, 0.2) is 6.61 Å². The molecule has 0 saturated carbocycles. The molecule has 1 aromatic carbocycles. The molecule has 102 valence electrons. The second-order valence-corrected chi connectivity index (χ2v) is 4.38. The van der Waals surface area contributed by atoms with Crippen molar-refractivity contribution in [1.82, 2.24) is 15.5 Å². The number of nitrogens with zero attached hydrogens (tertiary/aromatic N) is 2.